The molecule has 2 nitrogen and oxygen atoms in total. The minimum atomic E-state index is -0.128. The van der Waals surface area contributed by atoms with Crippen molar-refractivity contribution in [1.82, 2.24) is 0 Å². The molecule has 0 bridgehead atoms. The summed E-state index contributed by atoms with van der Waals surface area (Å²) >= 11 is 5.87. The second-order valence-corrected chi connectivity index (χ2v) is 4.43. The Labute approximate surface area is 109 Å². The minimum Gasteiger partial charge on any atom is -0.452 e. The Morgan fingerprint density at radius 2 is 1.83 bits per heavy atom. The van der Waals surface area contributed by atoms with Gasteiger partial charge in [-0.25, -0.2) is 0 Å². The number of halogens is 1. The third-order valence-electron chi connectivity index (χ3n) is 2.73. The first-order chi connectivity index (χ1) is 8.74. The monoisotopic (exact) mass is 256 g/mol. The number of fused-ring (bicyclic) bond motifs is 1. The van der Waals surface area contributed by atoms with Gasteiger partial charge >= 0.3 is 0 Å². The van der Waals surface area contributed by atoms with Crippen molar-refractivity contribution in [2.45, 2.75) is 0 Å². The number of rotatable bonds is 1. The first kappa shape index (κ1) is 11.1. The van der Waals surface area contributed by atoms with Crippen molar-refractivity contribution in [2.75, 3.05) is 0 Å². The van der Waals surface area contributed by atoms with Crippen molar-refractivity contribution in [3.8, 4) is 5.75 Å². The Hall–Kier alpha value is -2.06. The van der Waals surface area contributed by atoms with Gasteiger partial charge in [0.05, 0.1) is 5.56 Å². The molecule has 0 radical (unpaired) electrons. The van der Waals surface area contributed by atoms with Crippen LogP contribution in [0.4, 0.5) is 0 Å². The molecule has 18 heavy (non-hydrogen) atoms. The molecule has 0 aliphatic carbocycles. The molecular weight excluding hydrogens is 248 g/mol. The average Bonchev–Trinajstić information content (AvgIpc) is 2.68. The third-order valence-corrected chi connectivity index (χ3v) is 2.96. The van der Waals surface area contributed by atoms with E-state index < -0.39 is 0 Å². The average molecular weight is 257 g/mol. The number of benzene rings is 2. The van der Waals surface area contributed by atoms with E-state index in [1.54, 1.807) is 24.3 Å². The number of ketones is 1. The maximum absolute atomic E-state index is 12.1. The fraction of sp³-hybridized carbons (Fsp3) is 0. The SMILES string of the molecule is O=C1/C(=C\c2ccccc2)Oc2ccc(Cl)cc21. The molecule has 0 N–H and O–H groups in total. The van der Waals surface area contributed by atoms with Crippen molar-refractivity contribution in [3.63, 3.8) is 0 Å². The molecule has 0 fully saturated rings. The number of ether oxygens (including phenoxy) is 1. The van der Waals surface area contributed by atoms with Crippen molar-refractivity contribution in [2.24, 2.45) is 0 Å². The predicted octanol–water partition coefficient (Wildman–Crippen LogP) is 3.96. The lowest BCUT2D eigenvalue weighted by Crippen LogP contribution is -1.97. The standard InChI is InChI=1S/C15H9ClO2/c16-11-6-7-13-12(9-11)15(17)14(18-13)8-10-4-2-1-3-5-10/h1-9H/b14-8+. The molecule has 0 saturated carbocycles. The summed E-state index contributed by atoms with van der Waals surface area (Å²) in [7, 11) is 0. The van der Waals surface area contributed by atoms with Gasteiger partial charge in [-0.1, -0.05) is 41.9 Å². The number of Topliss-reactive ketones (excluding diaryl/α,β-unsaturated/α-hetero) is 1. The van der Waals surface area contributed by atoms with Crippen LogP contribution in [-0.4, -0.2) is 5.78 Å². The second kappa shape index (κ2) is 4.31. The molecule has 0 unspecified atom stereocenters. The number of carbonyl (C=O) groups excluding carboxylic acids is 1. The predicted molar refractivity (Wildman–Crippen MR) is 70.8 cm³/mol. The number of hydrogen-bond donors (Lipinski definition) is 0. The van der Waals surface area contributed by atoms with Crippen molar-refractivity contribution in [1.29, 1.82) is 0 Å². The molecule has 3 rings (SSSR count). The molecule has 1 aliphatic heterocycles. The van der Waals surface area contributed by atoms with Gasteiger partial charge in [-0.05, 0) is 29.8 Å². The second-order valence-electron chi connectivity index (χ2n) is 3.99. The van der Waals surface area contributed by atoms with Gasteiger partial charge in [-0.15, -0.1) is 0 Å². The third kappa shape index (κ3) is 1.91. The van der Waals surface area contributed by atoms with Crippen LogP contribution in [0, 0.1) is 0 Å². The molecule has 88 valence electrons. The maximum Gasteiger partial charge on any atom is 0.232 e. The molecular formula is C15H9ClO2. The van der Waals surface area contributed by atoms with E-state index in [9.17, 15) is 4.79 Å². The van der Waals surface area contributed by atoms with Gasteiger partial charge in [0, 0.05) is 5.02 Å². The van der Waals surface area contributed by atoms with Crippen LogP contribution < -0.4 is 4.74 Å². The Morgan fingerprint density at radius 1 is 1.06 bits per heavy atom. The van der Waals surface area contributed by atoms with Crippen LogP contribution in [0.25, 0.3) is 6.08 Å². The van der Waals surface area contributed by atoms with Gasteiger partial charge < -0.3 is 4.74 Å². The van der Waals surface area contributed by atoms with Gasteiger partial charge in [-0.2, -0.15) is 0 Å². The summed E-state index contributed by atoms with van der Waals surface area (Å²) in [6, 6.07) is 14.6. The Morgan fingerprint density at radius 3 is 2.61 bits per heavy atom. The first-order valence-electron chi connectivity index (χ1n) is 5.53. The quantitative estimate of drug-likeness (QED) is 0.722. The maximum atomic E-state index is 12.1. The zero-order valence-electron chi connectivity index (χ0n) is 9.39. The Bertz CT molecular complexity index is 645. The minimum absolute atomic E-state index is 0.128. The normalized spacial score (nSPS) is 15.6. The van der Waals surface area contributed by atoms with E-state index >= 15 is 0 Å². The highest BCUT2D eigenvalue weighted by molar-refractivity contribution is 6.31. The Balaban J connectivity index is 2.00. The van der Waals surface area contributed by atoms with E-state index in [4.69, 9.17) is 16.3 Å². The smallest absolute Gasteiger partial charge is 0.232 e. The molecule has 3 heteroatoms. The van der Waals surface area contributed by atoms with Crippen LogP contribution in [0.15, 0.2) is 54.3 Å². The fourth-order valence-corrected chi connectivity index (χ4v) is 2.03. The molecule has 0 spiro atoms. The van der Waals surface area contributed by atoms with Gasteiger partial charge in [0.15, 0.2) is 5.76 Å². The summed E-state index contributed by atoms with van der Waals surface area (Å²) in [6.07, 6.45) is 1.73. The highest BCUT2D eigenvalue weighted by Crippen LogP contribution is 2.33. The van der Waals surface area contributed by atoms with Crippen molar-refractivity contribution >= 4 is 23.5 Å². The van der Waals surface area contributed by atoms with Crippen LogP contribution in [0.5, 0.6) is 5.75 Å². The van der Waals surface area contributed by atoms with Gasteiger partial charge in [0.1, 0.15) is 5.75 Å². The molecule has 1 heterocycles. The van der Waals surface area contributed by atoms with E-state index in [1.807, 2.05) is 30.3 Å². The lowest BCUT2D eigenvalue weighted by Gasteiger charge is -1.98. The number of carbonyl (C=O) groups is 1. The molecule has 0 saturated heterocycles. The van der Waals surface area contributed by atoms with Crippen LogP contribution >= 0.6 is 11.6 Å². The topological polar surface area (TPSA) is 26.3 Å². The van der Waals surface area contributed by atoms with Gasteiger partial charge in [0.2, 0.25) is 5.78 Å². The molecule has 0 aromatic heterocycles. The van der Waals surface area contributed by atoms with Crippen LogP contribution in [0.1, 0.15) is 15.9 Å². The van der Waals surface area contributed by atoms with E-state index in [0.717, 1.165) is 5.56 Å². The van der Waals surface area contributed by atoms with Crippen LogP contribution in [0.2, 0.25) is 5.02 Å². The summed E-state index contributed by atoms with van der Waals surface area (Å²) < 4.78 is 5.53. The number of allylic oxidation sites excluding steroid dienone is 1. The zero-order valence-corrected chi connectivity index (χ0v) is 10.1. The highest BCUT2D eigenvalue weighted by Gasteiger charge is 2.27. The summed E-state index contributed by atoms with van der Waals surface area (Å²) in [6.45, 7) is 0. The molecule has 1 aliphatic rings. The molecule has 2 aromatic rings. The van der Waals surface area contributed by atoms with Crippen molar-refractivity contribution in [3.05, 3.63) is 70.4 Å². The van der Waals surface area contributed by atoms with Crippen molar-refractivity contribution < 1.29 is 9.53 Å². The molecule has 2 aromatic carbocycles. The summed E-state index contributed by atoms with van der Waals surface area (Å²) in [5.41, 5.74) is 1.45. The van der Waals surface area contributed by atoms with Crippen LogP contribution in [0.3, 0.4) is 0 Å². The largest absolute Gasteiger partial charge is 0.452 e. The van der Waals surface area contributed by atoms with E-state index in [2.05, 4.69) is 0 Å². The lowest BCUT2D eigenvalue weighted by atomic mass is 10.1. The zero-order chi connectivity index (χ0) is 12.5. The van der Waals surface area contributed by atoms with E-state index in [-0.39, 0.29) is 5.78 Å². The first-order valence-corrected chi connectivity index (χ1v) is 5.91. The van der Waals surface area contributed by atoms with E-state index in [0.29, 0.717) is 22.1 Å². The molecule has 0 atom stereocenters. The van der Waals surface area contributed by atoms with Gasteiger partial charge in [0.25, 0.3) is 0 Å². The van der Waals surface area contributed by atoms with Gasteiger partial charge in [-0.3, -0.25) is 4.79 Å². The highest BCUT2D eigenvalue weighted by atomic mass is 35.5. The number of hydrogen-bond acceptors (Lipinski definition) is 2. The Kier molecular flexibility index (Phi) is 2.65. The molecule has 0 amide bonds. The van der Waals surface area contributed by atoms with Crippen LogP contribution in [-0.2, 0) is 0 Å². The lowest BCUT2D eigenvalue weighted by molar-refractivity contribution is 0.101. The fourth-order valence-electron chi connectivity index (χ4n) is 1.86. The summed E-state index contributed by atoms with van der Waals surface area (Å²) in [5.74, 6) is 0.765. The summed E-state index contributed by atoms with van der Waals surface area (Å²) in [4.78, 5) is 12.1. The summed E-state index contributed by atoms with van der Waals surface area (Å²) in [5, 5.41) is 0.534. The van der Waals surface area contributed by atoms with E-state index in [1.165, 1.54) is 0 Å².